The monoisotopic (exact) mass is 486 g/mol. The number of aryl methyl sites for hydroxylation is 3. The lowest BCUT2D eigenvalue weighted by molar-refractivity contribution is 0.286. The molecule has 0 radical (unpaired) electrons. The molecule has 0 spiro atoms. The first kappa shape index (κ1) is 24.7. The molecule has 1 aliphatic heterocycles. The number of ether oxygens (including phenoxy) is 1. The van der Waals surface area contributed by atoms with Crippen LogP contribution < -0.4 is 0 Å². The van der Waals surface area contributed by atoms with Crippen LogP contribution in [-0.2, 0) is 27.7 Å². The van der Waals surface area contributed by atoms with Gasteiger partial charge in [0.05, 0.1) is 11.2 Å². The first-order chi connectivity index (χ1) is 16.9. The molecule has 1 aliphatic carbocycles. The van der Waals surface area contributed by atoms with Gasteiger partial charge in [0.2, 0.25) is 0 Å². The molecule has 4 nitrogen and oxygen atoms in total. The molecular formula is C30H30O4S. The van der Waals surface area contributed by atoms with E-state index in [1.807, 2.05) is 25.2 Å². The predicted octanol–water partition coefficient (Wildman–Crippen LogP) is 7.20. The Morgan fingerprint density at radius 3 is 2.17 bits per heavy atom. The largest absolute Gasteiger partial charge is 0.497 e. The van der Waals surface area contributed by atoms with Crippen LogP contribution in [0.2, 0.25) is 0 Å². The summed E-state index contributed by atoms with van der Waals surface area (Å²) in [5.41, 5.74) is 4.13. The van der Waals surface area contributed by atoms with E-state index in [0.29, 0.717) is 0 Å². The molecule has 0 bridgehead atoms. The Hall–Kier alpha value is -3.41. The number of hydrogen-bond donors (Lipinski definition) is 1. The first-order valence-corrected chi connectivity index (χ1v) is 13.3. The minimum Gasteiger partial charge on any atom is -0.497 e. The highest BCUT2D eigenvalue weighted by molar-refractivity contribution is 7.85. The highest BCUT2D eigenvalue weighted by Crippen LogP contribution is 2.33. The van der Waals surface area contributed by atoms with E-state index in [0.717, 1.165) is 12.2 Å². The van der Waals surface area contributed by atoms with E-state index in [2.05, 4.69) is 48.5 Å². The van der Waals surface area contributed by atoms with Gasteiger partial charge in [0, 0.05) is 0 Å². The van der Waals surface area contributed by atoms with Gasteiger partial charge in [0.1, 0.15) is 6.61 Å². The van der Waals surface area contributed by atoms with Gasteiger partial charge >= 0.3 is 0 Å². The van der Waals surface area contributed by atoms with Crippen LogP contribution in [0.15, 0.2) is 102 Å². The van der Waals surface area contributed by atoms with Gasteiger partial charge in [0.15, 0.2) is 0 Å². The standard InChI is InChI=1S/C18H16.C7H8O3S.C5H6O/c1-3-7-15-13(5-1)9-11-18-16-8-4-2-6-14(16)10-12-17(15)18;1-6-2-4-7(5-3-6)11(8,9)10;1-2-4-6-5-3-1/h1,3,5,7,9-12H,2,4,6,8H2;2-5H,1H3,(H,8,9,10);1-4H,5H2. The van der Waals surface area contributed by atoms with E-state index < -0.39 is 10.1 Å². The zero-order valence-corrected chi connectivity index (χ0v) is 20.7. The van der Waals surface area contributed by atoms with Gasteiger partial charge < -0.3 is 4.74 Å². The fraction of sp³-hybridized carbons (Fsp3) is 0.200. The summed E-state index contributed by atoms with van der Waals surface area (Å²) in [6.07, 6.45) is 12.7. The minimum atomic E-state index is -4.02. The van der Waals surface area contributed by atoms with Crippen molar-refractivity contribution in [2.45, 2.75) is 37.5 Å². The molecule has 4 aromatic carbocycles. The normalized spacial score (nSPS) is 14.2. The van der Waals surface area contributed by atoms with Crippen LogP contribution in [0.3, 0.4) is 0 Å². The lowest BCUT2D eigenvalue weighted by atomic mass is 9.86. The quantitative estimate of drug-likeness (QED) is 0.228. The van der Waals surface area contributed by atoms with E-state index in [1.165, 1.54) is 59.4 Å². The summed E-state index contributed by atoms with van der Waals surface area (Å²) in [7, 11) is -4.02. The molecule has 180 valence electrons. The Bertz CT molecular complexity index is 1450. The fourth-order valence-corrected chi connectivity index (χ4v) is 4.88. The molecule has 2 aliphatic rings. The SMILES string of the molecule is C1=CCOC=C1.Cc1ccc(S(=O)(=O)O)cc1.c1ccc2c(c1)ccc1c3c(ccc12)CCCC3. The lowest BCUT2D eigenvalue weighted by Crippen LogP contribution is -2.02. The summed E-state index contributed by atoms with van der Waals surface area (Å²) in [4.78, 5) is -0.0666. The summed E-state index contributed by atoms with van der Waals surface area (Å²) < 4.78 is 34.4. The maximum Gasteiger partial charge on any atom is 0.294 e. The number of benzene rings is 4. The molecule has 0 atom stereocenters. The summed E-state index contributed by atoms with van der Waals surface area (Å²) in [5.74, 6) is 0. The van der Waals surface area contributed by atoms with E-state index >= 15 is 0 Å². The molecule has 1 N–H and O–H groups in total. The van der Waals surface area contributed by atoms with Gasteiger partial charge in [-0.1, -0.05) is 72.3 Å². The second kappa shape index (κ2) is 11.3. The molecule has 0 unspecified atom stereocenters. The van der Waals surface area contributed by atoms with Crippen molar-refractivity contribution in [2.75, 3.05) is 6.61 Å². The zero-order valence-electron chi connectivity index (χ0n) is 19.9. The molecule has 4 aromatic rings. The van der Waals surface area contributed by atoms with Gasteiger partial charge in [-0.2, -0.15) is 8.42 Å². The van der Waals surface area contributed by atoms with Crippen molar-refractivity contribution < 1.29 is 17.7 Å². The van der Waals surface area contributed by atoms with Crippen molar-refractivity contribution >= 4 is 31.7 Å². The topological polar surface area (TPSA) is 63.6 Å². The van der Waals surface area contributed by atoms with Crippen LogP contribution in [0.4, 0.5) is 0 Å². The maximum atomic E-state index is 10.5. The smallest absolute Gasteiger partial charge is 0.294 e. The van der Waals surface area contributed by atoms with Crippen LogP contribution in [0.1, 0.15) is 29.5 Å². The Kier molecular flexibility index (Phi) is 8.01. The molecule has 35 heavy (non-hydrogen) atoms. The summed E-state index contributed by atoms with van der Waals surface area (Å²) in [6.45, 7) is 2.57. The average molecular weight is 487 g/mol. The summed E-state index contributed by atoms with van der Waals surface area (Å²) in [6, 6.07) is 24.0. The molecular weight excluding hydrogens is 456 g/mol. The van der Waals surface area contributed by atoms with Crippen molar-refractivity contribution in [1.82, 2.24) is 0 Å². The van der Waals surface area contributed by atoms with Crippen molar-refractivity contribution in [1.29, 1.82) is 0 Å². The second-order valence-corrected chi connectivity index (χ2v) is 10.1. The van der Waals surface area contributed by atoms with E-state index in [9.17, 15) is 8.42 Å². The Labute approximate surface area is 207 Å². The van der Waals surface area contributed by atoms with Gasteiger partial charge in [-0.05, 0) is 89.6 Å². The van der Waals surface area contributed by atoms with Crippen molar-refractivity contribution in [3.05, 3.63) is 114 Å². The van der Waals surface area contributed by atoms with Crippen molar-refractivity contribution in [3.63, 3.8) is 0 Å². The molecule has 0 amide bonds. The number of fused-ring (bicyclic) bond motifs is 5. The maximum absolute atomic E-state index is 10.5. The number of allylic oxidation sites excluding steroid dienone is 2. The number of hydrogen-bond acceptors (Lipinski definition) is 3. The van der Waals surface area contributed by atoms with Gasteiger partial charge in [-0.3, -0.25) is 4.55 Å². The highest BCUT2D eigenvalue weighted by atomic mass is 32.2. The Morgan fingerprint density at radius 2 is 1.51 bits per heavy atom. The third-order valence-corrected chi connectivity index (χ3v) is 7.06. The molecule has 0 aromatic heterocycles. The predicted molar refractivity (Wildman–Crippen MR) is 143 cm³/mol. The van der Waals surface area contributed by atoms with E-state index in [1.54, 1.807) is 29.5 Å². The van der Waals surface area contributed by atoms with Crippen LogP contribution in [0.25, 0.3) is 21.5 Å². The lowest BCUT2D eigenvalue weighted by Gasteiger charge is -2.18. The van der Waals surface area contributed by atoms with Crippen molar-refractivity contribution in [3.8, 4) is 0 Å². The Morgan fingerprint density at radius 1 is 0.771 bits per heavy atom. The van der Waals surface area contributed by atoms with Crippen LogP contribution >= 0.6 is 0 Å². The van der Waals surface area contributed by atoms with E-state index in [-0.39, 0.29) is 4.90 Å². The van der Waals surface area contributed by atoms with Gasteiger partial charge in [-0.25, -0.2) is 0 Å². The number of rotatable bonds is 1. The molecule has 0 fully saturated rings. The minimum absolute atomic E-state index is 0.0666. The molecule has 1 heterocycles. The summed E-state index contributed by atoms with van der Waals surface area (Å²) in [5, 5.41) is 5.64. The van der Waals surface area contributed by atoms with Crippen LogP contribution in [0.5, 0.6) is 0 Å². The molecule has 0 saturated heterocycles. The Balaban J connectivity index is 0.000000144. The zero-order chi connectivity index (χ0) is 24.7. The van der Waals surface area contributed by atoms with E-state index in [4.69, 9.17) is 9.29 Å². The molecule has 0 saturated carbocycles. The van der Waals surface area contributed by atoms with Crippen LogP contribution in [-0.4, -0.2) is 19.6 Å². The molecule has 5 heteroatoms. The first-order valence-electron chi connectivity index (χ1n) is 11.8. The highest BCUT2D eigenvalue weighted by Gasteiger charge is 2.13. The second-order valence-electron chi connectivity index (χ2n) is 8.67. The van der Waals surface area contributed by atoms with Crippen molar-refractivity contribution in [2.24, 2.45) is 0 Å². The molecule has 6 rings (SSSR count). The average Bonchev–Trinajstić information content (AvgIpc) is 2.90. The van der Waals surface area contributed by atoms with Gasteiger partial charge in [-0.15, -0.1) is 0 Å². The fourth-order valence-electron chi connectivity index (χ4n) is 4.40. The third kappa shape index (κ3) is 6.38. The summed E-state index contributed by atoms with van der Waals surface area (Å²) >= 11 is 0. The van der Waals surface area contributed by atoms with Gasteiger partial charge in [0.25, 0.3) is 10.1 Å². The van der Waals surface area contributed by atoms with Crippen LogP contribution in [0, 0.1) is 6.92 Å². The third-order valence-electron chi connectivity index (χ3n) is 6.19.